The number of hydrogen-bond acceptors (Lipinski definition) is 3. The third-order valence-electron chi connectivity index (χ3n) is 2.72. The number of aliphatic hydroxyl groups is 1. The lowest BCUT2D eigenvalue weighted by Gasteiger charge is -2.16. The average molecular weight is 306 g/mol. The lowest BCUT2D eigenvalue weighted by atomic mass is 10.2. The first-order valence-corrected chi connectivity index (χ1v) is 7.22. The lowest BCUT2D eigenvalue weighted by Crippen LogP contribution is -2.31. The van der Waals surface area contributed by atoms with Gasteiger partial charge >= 0.3 is 0 Å². The second-order valence-corrected chi connectivity index (χ2v) is 5.54. The zero-order chi connectivity index (χ0) is 14.4. The molecular weight excluding hydrogens is 285 g/mol. The van der Waals surface area contributed by atoms with E-state index in [0.29, 0.717) is 22.3 Å². The van der Waals surface area contributed by atoms with Crippen LogP contribution in [0.5, 0.6) is 5.75 Å². The molecular formula is C14H21Cl2NO2. The molecule has 0 fully saturated rings. The van der Waals surface area contributed by atoms with Gasteiger partial charge in [-0.2, -0.15) is 0 Å². The van der Waals surface area contributed by atoms with Crippen LogP contribution < -0.4 is 10.1 Å². The smallest absolute Gasteiger partial charge is 0.156 e. The summed E-state index contributed by atoms with van der Waals surface area (Å²) in [7, 11) is 0. The molecule has 1 aromatic rings. The van der Waals surface area contributed by atoms with Crippen molar-refractivity contribution in [1.82, 2.24) is 5.32 Å². The molecule has 0 unspecified atom stereocenters. The minimum Gasteiger partial charge on any atom is -0.488 e. The predicted octanol–water partition coefficient (Wildman–Crippen LogP) is 3.64. The molecule has 0 aromatic heterocycles. The Labute approximate surface area is 124 Å². The van der Waals surface area contributed by atoms with E-state index in [1.807, 2.05) is 32.9 Å². The Kier molecular flexibility index (Phi) is 6.94. The van der Waals surface area contributed by atoms with Gasteiger partial charge in [0.25, 0.3) is 0 Å². The predicted molar refractivity (Wildman–Crippen MR) is 80.2 cm³/mol. The van der Waals surface area contributed by atoms with Gasteiger partial charge in [-0.15, -0.1) is 0 Å². The van der Waals surface area contributed by atoms with Crippen LogP contribution in [0.15, 0.2) is 12.1 Å². The maximum atomic E-state index is 9.12. The molecule has 1 rings (SSSR count). The van der Waals surface area contributed by atoms with Crippen LogP contribution in [-0.2, 0) is 6.54 Å². The number of ether oxygens (including phenoxy) is 1. The zero-order valence-corrected chi connectivity index (χ0v) is 13.1. The third-order valence-corrected chi connectivity index (χ3v) is 3.28. The average Bonchev–Trinajstić information content (AvgIpc) is 2.35. The van der Waals surface area contributed by atoms with Crippen LogP contribution in [0.2, 0.25) is 10.0 Å². The monoisotopic (exact) mass is 305 g/mol. The molecule has 0 saturated carbocycles. The second-order valence-electron chi connectivity index (χ2n) is 4.72. The normalized spacial score (nSPS) is 12.8. The molecule has 1 atom stereocenters. The van der Waals surface area contributed by atoms with E-state index in [-0.39, 0.29) is 18.8 Å². The van der Waals surface area contributed by atoms with Crippen LogP contribution in [0.4, 0.5) is 0 Å². The number of halogens is 2. The Bertz CT molecular complexity index is 383. The molecule has 0 saturated heterocycles. The Morgan fingerprint density at radius 2 is 1.84 bits per heavy atom. The molecule has 3 nitrogen and oxygen atoms in total. The standard InChI is InChI=1S/C14H21Cl2NO2/c1-4-11(8-18)17-7-10-5-12(15)14(13(16)6-10)19-9(2)3/h5-6,9,11,17-18H,4,7-8H2,1-3H3/t11-/m0/s1. The topological polar surface area (TPSA) is 41.5 Å². The summed E-state index contributed by atoms with van der Waals surface area (Å²) >= 11 is 12.4. The molecule has 108 valence electrons. The summed E-state index contributed by atoms with van der Waals surface area (Å²) in [6, 6.07) is 3.76. The first-order valence-electron chi connectivity index (χ1n) is 6.46. The Balaban J connectivity index is 2.77. The molecule has 0 radical (unpaired) electrons. The van der Waals surface area contributed by atoms with E-state index in [9.17, 15) is 0 Å². The molecule has 0 aliphatic rings. The molecule has 1 aromatic carbocycles. The van der Waals surface area contributed by atoms with E-state index in [4.69, 9.17) is 33.0 Å². The highest BCUT2D eigenvalue weighted by Crippen LogP contribution is 2.34. The van der Waals surface area contributed by atoms with Gasteiger partial charge in [0.05, 0.1) is 22.8 Å². The summed E-state index contributed by atoms with van der Waals surface area (Å²) in [6.45, 7) is 6.60. The fourth-order valence-electron chi connectivity index (χ4n) is 1.66. The fourth-order valence-corrected chi connectivity index (χ4v) is 2.28. The van der Waals surface area contributed by atoms with Crippen molar-refractivity contribution in [2.45, 2.75) is 45.9 Å². The number of benzene rings is 1. The van der Waals surface area contributed by atoms with Crippen LogP contribution in [0.1, 0.15) is 32.8 Å². The molecule has 0 amide bonds. The summed E-state index contributed by atoms with van der Waals surface area (Å²) in [6.07, 6.45) is 0.893. The Hall–Kier alpha value is -0.480. The van der Waals surface area contributed by atoms with E-state index in [2.05, 4.69) is 5.32 Å². The van der Waals surface area contributed by atoms with Gasteiger partial charge in [0, 0.05) is 12.6 Å². The van der Waals surface area contributed by atoms with Crippen molar-refractivity contribution in [3.63, 3.8) is 0 Å². The molecule has 5 heteroatoms. The summed E-state index contributed by atoms with van der Waals surface area (Å²) in [5, 5.41) is 13.4. The van der Waals surface area contributed by atoms with Crippen molar-refractivity contribution in [2.75, 3.05) is 6.61 Å². The SMILES string of the molecule is CC[C@@H](CO)NCc1cc(Cl)c(OC(C)C)c(Cl)c1. The van der Waals surface area contributed by atoms with E-state index in [1.54, 1.807) is 0 Å². The molecule has 0 bridgehead atoms. The molecule has 2 N–H and O–H groups in total. The summed E-state index contributed by atoms with van der Waals surface area (Å²) in [5.74, 6) is 0.524. The van der Waals surface area contributed by atoms with Gasteiger partial charge in [-0.3, -0.25) is 0 Å². The van der Waals surface area contributed by atoms with E-state index in [1.165, 1.54) is 0 Å². The highest BCUT2D eigenvalue weighted by Gasteiger charge is 2.12. The number of aliphatic hydroxyl groups excluding tert-OH is 1. The largest absolute Gasteiger partial charge is 0.488 e. The van der Waals surface area contributed by atoms with Gasteiger partial charge in [0.1, 0.15) is 0 Å². The van der Waals surface area contributed by atoms with Crippen molar-refractivity contribution in [3.05, 3.63) is 27.7 Å². The minimum atomic E-state index is 0.0258. The molecule has 0 heterocycles. The first kappa shape index (κ1) is 16.6. The van der Waals surface area contributed by atoms with Gasteiger partial charge in [0.15, 0.2) is 5.75 Å². The molecule has 0 aliphatic carbocycles. The molecule has 19 heavy (non-hydrogen) atoms. The lowest BCUT2D eigenvalue weighted by molar-refractivity contribution is 0.238. The maximum Gasteiger partial charge on any atom is 0.156 e. The van der Waals surface area contributed by atoms with Gasteiger partial charge < -0.3 is 15.2 Å². The van der Waals surface area contributed by atoms with E-state index < -0.39 is 0 Å². The van der Waals surface area contributed by atoms with Gasteiger partial charge in [-0.05, 0) is 38.0 Å². The second kappa shape index (κ2) is 7.95. The van der Waals surface area contributed by atoms with Crippen LogP contribution in [-0.4, -0.2) is 23.9 Å². The Morgan fingerprint density at radius 3 is 2.26 bits per heavy atom. The summed E-state index contributed by atoms with van der Waals surface area (Å²) in [5.41, 5.74) is 0.970. The van der Waals surface area contributed by atoms with Crippen molar-refractivity contribution in [2.24, 2.45) is 0 Å². The van der Waals surface area contributed by atoms with Crippen molar-refractivity contribution >= 4 is 23.2 Å². The van der Waals surface area contributed by atoms with Crippen LogP contribution in [0, 0.1) is 0 Å². The van der Waals surface area contributed by atoms with Crippen molar-refractivity contribution in [1.29, 1.82) is 0 Å². The van der Waals surface area contributed by atoms with Crippen LogP contribution >= 0.6 is 23.2 Å². The number of hydrogen-bond donors (Lipinski definition) is 2. The molecule has 0 aliphatic heterocycles. The van der Waals surface area contributed by atoms with E-state index in [0.717, 1.165) is 12.0 Å². The Morgan fingerprint density at radius 1 is 1.26 bits per heavy atom. The summed E-state index contributed by atoms with van der Waals surface area (Å²) in [4.78, 5) is 0. The van der Waals surface area contributed by atoms with Crippen molar-refractivity contribution in [3.8, 4) is 5.75 Å². The van der Waals surface area contributed by atoms with E-state index >= 15 is 0 Å². The first-order chi connectivity index (χ1) is 8.97. The maximum absolute atomic E-state index is 9.12. The highest BCUT2D eigenvalue weighted by molar-refractivity contribution is 6.37. The highest BCUT2D eigenvalue weighted by atomic mass is 35.5. The van der Waals surface area contributed by atoms with Crippen LogP contribution in [0.3, 0.4) is 0 Å². The third kappa shape index (κ3) is 5.19. The zero-order valence-electron chi connectivity index (χ0n) is 11.5. The molecule has 0 spiro atoms. The van der Waals surface area contributed by atoms with Gasteiger partial charge in [-0.25, -0.2) is 0 Å². The number of rotatable bonds is 7. The quantitative estimate of drug-likeness (QED) is 0.808. The van der Waals surface area contributed by atoms with Crippen LogP contribution in [0.25, 0.3) is 0 Å². The minimum absolute atomic E-state index is 0.0258. The number of nitrogens with one attached hydrogen (secondary N) is 1. The van der Waals surface area contributed by atoms with Crippen molar-refractivity contribution < 1.29 is 9.84 Å². The fraction of sp³-hybridized carbons (Fsp3) is 0.571. The van der Waals surface area contributed by atoms with Gasteiger partial charge in [0.2, 0.25) is 0 Å². The summed E-state index contributed by atoms with van der Waals surface area (Å²) < 4.78 is 5.57. The van der Waals surface area contributed by atoms with Gasteiger partial charge in [-0.1, -0.05) is 30.1 Å².